The zero-order valence-electron chi connectivity index (χ0n) is 20.6. The maximum absolute atomic E-state index is 5.57. The number of rotatable bonds is 5. The van der Waals surface area contributed by atoms with E-state index in [1.54, 1.807) is 11.8 Å². The Bertz CT molecular complexity index is 857. The number of hydrogen-bond acceptors (Lipinski definition) is 4. The number of benzene rings is 1. The van der Waals surface area contributed by atoms with E-state index < -0.39 is 0 Å². The Morgan fingerprint density at radius 2 is 1.61 bits per heavy atom. The van der Waals surface area contributed by atoms with Gasteiger partial charge >= 0.3 is 0 Å². The summed E-state index contributed by atoms with van der Waals surface area (Å²) < 4.78 is 5.57. The summed E-state index contributed by atoms with van der Waals surface area (Å²) in [5.74, 6) is 1.79. The average molecular weight is 472 g/mol. The minimum absolute atomic E-state index is 0. The van der Waals surface area contributed by atoms with E-state index in [0.717, 1.165) is 38.5 Å². The number of piperidine rings is 1. The fourth-order valence-electron chi connectivity index (χ4n) is 5.99. The summed E-state index contributed by atoms with van der Waals surface area (Å²) in [6.07, 6.45) is 11.2. The van der Waals surface area contributed by atoms with Crippen LogP contribution in [0.5, 0.6) is 0 Å². The fraction of sp³-hybridized carbons (Fsp3) is 0.643. The lowest BCUT2D eigenvalue weighted by Gasteiger charge is -2.40. The van der Waals surface area contributed by atoms with Crippen molar-refractivity contribution in [2.75, 3.05) is 49.1 Å². The van der Waals surface area contributed by atoms with E-state index in [1.807, 2.05) is 6.07 Å². The molecule has 5 rings (SSSR count). The Morgan fingerprint density at radius 1 is 0.879 bits per heavy atom. The molecule has 1 aromatic carbocycles. The van der Waals surface area contributed by atoms with Gasteiger partial charge in [0, 0.05) is 50.6 Å². The molecule has 33 heavy (non-hydrogen) atoms. The molecule has 3 fully saturated rings. The molecule has 0 amide bonds. The molecule has 5 heteroatoms. The van der Waals surface area contributed by atoms with Crippen molar-refractivity contribution in [3.05, 3.63) is 47.9 Å². The van der Waals surface area contributed by atoms with Crippen molar-refractivity contribution in [1.82, 2.24) is 4.90 Å². The van der Waals surface area contributed by atoms with Crippen LogP contribution in [0.1, 0.15) is 76.0 Å². The van der Waals surface area contributed by atoms with Gasteiger partial charge in [-0.25, -0.2) is 0 Å². The van der Waals surface area contributed by atoms with Crippen LogP contribution in [0.25, 0.3) is 0 Å². The highest BCUT2D eigenvalue weighted by Gasteiger charge is 2.31. The topological polar surface area (TPSA) is 22.9 Å². The number of anilines is 2. The summed E-state index contributed by atoms with van der Waals surface area (Å²) in [6, 6.07) is 11.5. The Hall–Kier alpha value is -1.65. The van der Waals surface area contributed by atoms with Crippen molar-refractivity contribution in [3.8, 4) is 0 Å². The van der Waals surface area contributed by atoms with Crippen molar-refractivity contribution >= 4 is 23.8 Å². The smallest absolute Gasteiger partial charge is 0.117 e. The average Bonchev–Trinajstić information content (AvgIpc) is 3.33. The first kappa shape index (κ1) is 24.5. The second kappa shape index (κ2) is 10.7. The van der Waals surface area contributed by atoms with Crippen LogP contribution < -0.4 is 9.80 Å². The number of halogens is 1. The van der Waals surface area contributed by atoms with E-state index in [0.29, 0.717) is 11.3 Å². The third-order valence-corrected chi connectivity index (χ3v) is 8.18. The molecule has 0 unspecified atom stereocenters. The lowest BCUT2D eigenvalue weighted by Crippen LogP contribution is -2.46. The molecule has 0 atom stereocenters. The van der Waals surface area contributed by atoms with E-state index >= 15 is 0 Å². The first-order valence-electron chi connectivity index (χ1n) is 13.0. The molecule has 0 radical (unpaired) electrons. The van der Waals surface area contributed by atoms with Crippen molar-refractivity contribution in [3.63, 3.8) is 0 Å². The number of hydrogen-bond donors (Lipinski definition) is 0. The normalized spacial score (nSPS) is 22.2. The number of furan rings is 1. The van der Waals surface area contributed by atoms with E-state index in [1.165, 1.54) is 69.4 Å². The summed E-state index contributed by atoms with van der Waals surface area (Å²) in [7, 11) is 0. The summed E-state index contributed by atoms with van der Waals surface area (Å²) in [4.78, 5) is 7.82. The third kappa shape index (κ3) is 5.89. The molecule has 0 bridgehead atoms. The Balaban J connectivity index is 0.00000259. The molecule has 0 N–H and O–H groups in total. The zero-order chi connectivity index (χ0) is 22.0. The van der Waals surface area contributed by atoms with Crippen LogP contribution in [0.2, 0.25) is 0 Å². The van der Waals surface area contributed by atoms with E-state index in [-0.39, 0.29) is 12.4 Å². The van der Waals surface area contributed by atoms with Crippen molar-refractivity contribution < 1.29 is 4.42 Å². The fourth-order valence-corrected chi connectivity index (χ4v) is 5.99. The van der Waals surface area contributed by atoms with Gasteiger partial charge in [0.1, 0.15) is 5.76 Å². The van der Waals surface area contributed by atoms with Crippen LogP contribution in [0, 0.1) is 5.41 Å². The SMILES string of the molecule is CC1(C)CCC(c2cc(N3CCCCC3)ccc2N2CCN(Cc3ccco3)CC2)CC1.Cl. The summed E-state index contributed by atoms with van der Waals surface area (Å²) in [5, 5.41) is 0. The lowest BCUT2D eigenvalue weighted by atomic mass is 9.71. The summed E-state index contributed by atoms with van der Waals surface area (Å²) in [6.45, 7) is 12.7. The highest BCUT2D eigenvalue weighted by molar-refractivity contribution is 5.85. The third-order valence-electron chi connectivity index (χ3n) is 8.18. The minimum atomic E-state index is 0. The van der Waals surface area contributed by atoms with Gasteiger partial charge in [-0.05, 0) is 92.2 Å². The van der Waals surface area contributed by atoms with Gasteiger partial charge in [0.2, 0.25) is 0 Å². The molecular formula is C28H42ClN3O. The van der Waals surface area contributed by atoms with Crippen LogP contribution in [0.4, 0.5) is 11.4 Å². The summed E-state index contributed by atoms with van der Waals surface area (Å²) in [5.41, 5.74) is 5.11. The van der Waals surface area contributed by atoms with Crippen LogP contribution in [0.3, 0.4) is 0 Å². The Kier molecular flexibility index (Phi) is 7.96. The highest BCUT2D eigenvalue weighted by Crippen LogP contribution is 2.45. The van der Waals surface area contributed by atoms with Gasteiger partial charge in [-0.1, -0.05) is 13.8 Å². The van der Waals surface area contributed by atoms with E-state index in [4.69, 9.17) is 4.42 Å². The Morgan fingerprint density at radius 3 is 2.27 bits per heavy atom. The molecule has 0 spiro atoms. The van der Waals surface area contributed by atoms with Gasteiger partial charge in [-0.15, -0.1) is 12.4 Å². The second-order valence-corrected chi connectivity index (χ2v) is 11.1. The molecule has 1 aliphatic carbocycles. The van der Waals surface area contributed by atoms with Crippen LogP contribution >= 0.6 is 12.4 Å². The first-order valence-corrected chi connectivity index (χ1v) is 13.0. The molecule has 2 saturated heterocycles. The molecule has 1 saturated carbocycles. The van der Waals surface area contributed by atoms with Gasteiger partial charge in [-0.3, -0.25) is 4.90 Å². The zero-order valence-corrected chi connectivity index (χ0v) is 21.4. The van der Waals surface area contributed by atoms with Crippen molar-refractivity contribution in [2.24, 2.45) is 5.41 Å². The molecule has 4 nitrogen and oxygen atoms in total. The molecule has 2 aromatic rings. The van der Waals surface area contributed by atoms with E-state index in [9.17, 15) is 0 Å². The summed E-state index contributed by atoms with van der Waals surface area (Å²) >= 11 is 0. The van der Waals surface area contributed by atoms with Gasteiger partial charge in [-0.2, -0.15) is 0 Å². The first-order chi connectivity index (χ1) is 15.6. The van der Waals surface area contributed by atoms with Crippen LogP contribution in [0.15, 0.2) is 41.0 Å². The van der Waals surface area contributed by atoms with Gasteiger partial charge in [0.15, 0.2) is 0 Å². The molecule has 1 aromatic heterocycles. The lowest BCUT2D eigenvalue weighted by molar-refractivity contribution is 0.222. The largest absolute Gasteiger partial charge is 0.468 e. The van der Waals surface area contributed by atoms with Crippen molar-refractivity contribution in [1.29, 1.82) is 0 Å². The van der Waals surface area contributed by atoms with Crippen LogP contribution in [-0.4, -0.2) is 44.2 Å². The van der Waals surface area contributed by atoms with Gasteiger partial charge in [0.25, 0.3) is 0 Å². The second-order valence-electron chi connectivity index (χ2n) is 11.1. The minimum Gasteiger partial charge on any atom is -0.468 e. The predicted molar refractivity (Wildman–Crippen MR) is 141 cm³/mol. The monoisotopic (exact) mass is 471 g/mol. The molecule has 2 aliphatic heterocycles. The van der Waals surface area contributed by atoms with Gasteiger partial charge in [0.05, 0.1) is 12.8 Å². The van der Waals surface area contributed by atoms with Crippen LogP contribution in [-0.2, 0) is 6.54 Å². The molecule has 3 heterocycles. The molecular weight excluding hydrogens is 430 g/mol. The standard InChI is InChI=1S/C28H41N3O.ClH/c1-28(2)12-10-23(11-13-28)26-21-24(30-14-4-3-5-15-30)8-9-27(26)31-18-16-29(17-19-31)22-25-7-6-20-32-25;/h6-9,20-21,23H,3-5,10-19,22H2,1-2H3;1H. The number of nitrogens with zero attached hydrogens (tertiary/aromatic N) is 3. The quantitative estimate of drug-likeness (QED) is 0.484. The van der Waals surface area contributed by atoms with Crippen molar-refractivity contribution in [2.45, 2.75) is 71.3 Å². The Labute approximate surface area is 206 Å². The maximum Gasteiger partial charge on any atom is 0.117 e. The maximum atomic E-state index is 5.57. The number of piperazine rings is 1. The van der Waals surface area contributed by atoms with E-state index in [2.05, 4.69) is 52.8 Å². The van der Waals surface area contributed by atoms with Gasteiger partial charge < -0.3 is 14.2 Å². The highest BCUT2D eigenvalue weighted by atomic mass is 35.5. The predicted octanol–water partition coefficient (Wildman–Crippen LogP) is 6.70. The molecule has 182 valence electrons. The molecule has 3 aliphatic rings.